The third-order valence-corrected chi connectivity index (χ3v) is 3.52. The monoisotopic (exact) mass is 343 g/mol. The Morgan fingerprint density at radius 1 is 1.20 bits per heavy atom. The number of nitrogens with one attached hydrogen (secondary N) is 1. The van der Waals surface area contributed by atoms with Crippen molar-refractivity contribution in [3.8, 4) is 23.0 Å². The number of aromatic nitrogens is 4. The van der Waals surface area contributed by atoms with Crippen LogP contribution in [0, 0.1) is 0 Å². The fourth-order valence-electron chi connectivity index (χ4n) is 2.30. The first-order valence-electron chi connectivity index (χ1n) is 7.55. The highest BCUT2D eigenvalue weighted by atomic mass is 16.5. The van der Waals surface area contributed by atoms with Gasteiger partial charge in [0.2, 0.25) is 5.89 Å². The molecule has 1 N–H and O–H groups in total. The lowest BCUT2D eigenvalue weighted by Crippen LogP contribution is -2.17. The van der Waals surface area contributed by atoms with E-state index in [4.69, 9.17) is 13.9 Å². The maximum atomic E-state index is 12.2. The van der Waals surface area contributed by atoms with Crippen molar-refractivity contribution in [2.75, 3.05) is 19.5 Å². The molecule has 2 heterocycles. The molecule has 0 atom stereocenters. The van der Waals surface area contributed by atoms with E-state index in [9.17, 15) is 4.79 Å². The minimum absolute atomic E-state index is 0.00126. The van der Waals surface area contributed by atoms with Gasteiger partial charge in [0.1, 0.15) is 5.69 Å². The third-order valence-electron chi connectivity index (χ3n) is 3.52. The number of hydrogen-bond donors (Lipinski definition) is 1. The summed E-state index contributed by atoms with van der Waals surface area (Å²) in [7, 11) is 3.09. The van der Waals surface area contributed by atoms with Crippen molar-refractivity contribution in [2.24, 2.45) is 0 Å². The number of rotatable bonds is 6. The summed E-state index contributed by atoms with van der Waals surface area (Å²) in [6.45, 7) is 2.47. The van der Waals surface area contributed by atoms with Crippen molar-refractivity contribution in [3.63, 3.8) is 0 Å². The molecule has 1 amide bonds. The first kappa shape index (κ1) is 16.5. The van der Waals surface area contributed by atoms with Gasteiger partial charge in [0.25, 0.3) is 5.91 Å². The highest BCUT2D eigenvalue weighted by molar-refractivity contribution is 6.01. The van der Waals surface area contributed by atoms with Crippen LogP contribution in [0.5, 0.6) is 11.5 Å². The Morgan fingerprint density at radius 2 is 2.00 bits per heavy atom. The molecule has 0 radical (unpaired) electrons. The average Bonchev–Trinajstić information content (AvgIpc) is 3.30. The van der Waals surface area contributed by atoms with E-state index in [1.165, 1.54) is 7.11 Å². The Labute approximate surface area is 143 Å². The van der Waals surface area contributed by atoms with Crippen LogP contribution in [0.2, 0.25) is 0 Å². The Morgan fingerprint density at radius 3 is 2.72 bits per heavy atom. The van der Waals surface area contributed by atoms with Crippen LogP contribution in [-0.4, -0.2) is 40.1 Å². The maximum absolute atomic E-state index is 12.2. The van der Waals surface area contributed by atoms with Crippen LogP contribution in [-0.2, 0) is 6.54 Å². The molecule has 0 aliphatic rings. The van der Waals surface area contributed by atoms with Gasteiger partial charge in [-0.05, 0) is 31.2 Å². The number of benzene rings is 1. The van der Waals surface area contributed by atoms with Gasteiger partial charge >= 0.3 is 6.01 Å². The molecule has 0 aliphatic heterocycles. The molecule has 0 unspecified atom stereocenters. The van der Waals surface area contributed by atoms with Gasteiger partial charge in [0.05, 0.1) is 14.2 Å². The topological polar surface area (TPSA) is 104 Å². The van der Waals surface area contributed by atoms with Gasteiger partial charge in [0, 0.05) is 18.3 Å². The van der Waals surface area contributed by atoms with E-state index in [-0.39, 0.29) is 17.8 Å². The average molecular weight is 343 g/mol. The first-order chi connectivity index (χ1) is 12.2. The number of nitrogens with zero attached hydrogens (tertiary/aromatic N) is 4. The zero-order valence-electron chi connectivity index (χ0n) is 14.0. The predicted molar refractivity (Wildman–Crippen MR) is 88.7 cm³/mol. The van der Waals surface area contributed by atoms with Crippen molar-refractivity contribution in [1.29, 1.82) is 0 Å². The van der Waals surface area contributed by atoms with Crippen LogP contribution in [0.4, 0.5) is 6.01 Å². The van der Waals surface area contributed by atoms with Crippen LogP contribution in [0.25, 0.3) is 11.5 Å². The molecule has 0 spiro atoms. The summed E-state index contributed by atoms with van der Waals surface area (Å²) in [4.78, 5) is 12.2. The molecule has 0 saturated carbocycles. The van der Waals surface area contributed by atoms with Gasteiger partial charge in [0.15, 0.2) is 11.5 Å². The van der Waals surface area contributed by atoms with E-state index in [1.54, 1.807) is 42.3 Å². The normalized spacial score (nSPS) is 10.5. The summed E-state index contributed by atoms with van der Waals surface area (Å²) in [5.41, 5.74) is 1.05. The molecule has 9 nitrogen and oxygen atoms in total. The van der Waals surface area contributed by atoms with E-state index < -0.39 is 0 Å². The molecule has 1 aromatic carbocycles. The van der Waals surface area contributed by atoms with Gasteiger partial charge in [-0.2, -0.15) is 5.10 Å². The van der Waals surface area contributed by atoms with Crippen molar-refractivity contribution in [2.45, 2.75) is 13.5 Å². The van der Waals surface area contributed by atoms with Crippen LogP contribution in [0.3, 0.4) is 0 Å². The number of aryl methyl sites for hydroxylation is 1. The fraction of sp³-hybridized carbons (Fsp3) is 0.250. The lowest BCUT2D eigenvalue weighted by molar-refractivity contribution is 0.101. The number of amides is 1. The number of carbonyl (C=O) groups is 1. The van der Waals surface area contributed by atoms with E-state index in [2.05, 4.69) is 20.6 Å². The van der Waals surface area contributed by atoms with E-state index in [0.717, 1.165) is 0 Å². The molecule has 2 aromatic heterocycles. The lowest BCUT2D eigenvalue weighted by Gasteiger charge is -2.07. The highest BCUT2D eigenvalue weighted by Crippen LogP contribution is 2.32. The third kappa shape index (κ3) is 3.30. The number of ether oxygens (including phenoxy) is 2. The second-order valence-corrected chi connectivity index (χ2v) is 4.97. The number of anilines is 1. The zero-order chi connectivity index (χ0) is 17.8. The Bertz CT molecular complexity index is 886. The molecular weight excluding hydrogens is 326 g/mol. The summed E-state index contributed by atoms with van der Waals surface area (Å²) in [6, 6.07) is 6.82. The van der Waals surface area contributed by atoms with Gasteiger partial charge in [-0.1, -0.05) is 5.10 Å². The molecular formula is C16H17N5O4. The summed E-state index contributed by atoms with van der Waals surface area (Å²) < 4.78 is 17.5. The number of methoxy groups -OCH3 is 2. The molecule has 3 aromatic rings. The standard InChI is InChI=1S/C16H17N5O4/c1-4-21-11(7-8-17-21)14(22)18-16-20-19-15(25-16)10-5-6-12(23-2)13(9-10)24-3/h5-9H,4H2,1-3H3,(H,18,20,22). The van der Waals surface area contributed by atoms with Gasteiger partial charge in [-0.15, -0.1) is 5.10 Å². The Balaban J connectivity index is 1.80. The van der Waals surface area contributed by atoms with Crippen LogP contribution < -0.4 is 14.8 Å². The Kier molecular flexibility index (Phi) is 4.64. The number of hydrogen-bond acceptors (Lipinski definition) is 7. The van der Waals surface area contributed by atoms with Gasteiger partial charge < -0.3 is 13.9 Å². The summed E-state index contributed by atoms with van der Waals surface area (Å²) >= 11 is 0. The van der Waals surface area contributed by atoms with Crippen molar-refractivity contribution in [3.05, 3.63) is 36.2 Å². The summed E-state index contributed by atoms with van der Waals surface area (Å²) in [6.07, 6.45) is 1.56. The molecule has 0 fully saturated rings. The summed E-state index contributed by atoms with van der Waals surface area (Å²) in [5, 5.41) is 14.4. The molecule has 3 rings (SSSR count). The van der Waals surface area contributed by atoms with Crippen molar-refractivity contribution in [1.82, 2.24) is 20.0 Å². The number of carbonyl (C=O) groups excluding carboxylic acids is 1. The van der Waals surface area contributed by atoms with E-state index >= 15 is 0 Å². The van der Waals surface area contributed by atoms with E-state index in [1.807, 2.05) is 6.92 Å². The van der Waals surface area contributed by atoms with Gasteiger partial charge in [-0.3, -0.25) is 14.8 Å². The van der Waals surface area contributed by atoms with Crippen LogP contribution in [0.1, 0.15) is 17.4 Å². The summed E-state index contributed by atoms with van der Waals surface area (Å²) in [5.74, 6) is 1.00. The van der Waals surface area contributed by atoms with Gasteiger partial charge in [-0.25, -0.2) is 0 Å². The predicted octanol–water partition coefficient (Wildman–Crippen LogP) is 2.22. The zero-order valence-corrected chi connectivity index (χ0v) is 14.0. The van der Waals surface area contributed by atoms with Crippen molar-refractivity contribution >= 4 is 11.9 Å². The minimum atomic E-state index is -0.373. The largest absolute Gasteiger partial charge is 0.493 e. The fourth-order valence-corrected chi connectivity index (χ4v) is 2.30. The van der Waals surface area contributed by atoms with Crippen molar-refractivity contribution < 1.29 is 18.7 Å². The molecule has 9 heteroatoms. The quantitative estimate of drug-likeness (QED) is 0.731. The van der Waals surface area contributed by atoms with Crippen LogP contribution in [0.15, 0.2) is 34.9 Å². The first-order valence-corrected chi connectivity index (χ1v) is 7.55. The minimum Gasteiger partial charge on any atom is -0.493 e. The van der Waals surface area contributed by atoms with E-state index in [0.29, 0.717) is 29.3 Å². The molecule has 130 valence electrons. The second-order valence-electron chi connectivity index (χ2n) is 4.97. The molecule has 0 saturated heterocycles. The molecule has 25 heavy (non-hydrogen) atoms. The SMILES string of the molecule is CCn1nccc1C(=O)Nc1nnc(-c2ccc(OC)c(OC)c2)o1. The maximum Gasteiger partial charge on any atom is 0.322 e. The highest BCUT2D eigenvalue weighted by Gasteiger charge is 2.16. The second kappa shape index (κ2) is 7.04. The molecule has 0 aliphatic carbocycles. The smallest absolute Gasteiger partial charge is 0.322 e. The molecule has 0 bridgehead atoms. The van der Waals surface area contributed by atoms with Crippen LogP contribution >= 0.6 is 0 Å². The Hall–Kier alpha value is -3.36. The lowest BCUT2D eigenvalue weighted by atomic mass is 10.2.